The molecule has 0 radical (unpaired) electrons. The smallest absolute Gasteiger partial charge is 0.263 e. The van der Waals surface area contributed by atoms with Crippen molar-refractivity contribution in [2.75, 3.05) is 20.3 Å². The largest absolute Gasteiger partial charge is 0.383 e. The Bertz CT molecular complexity index is 812. The molecule has 1 aromatic carbocycles. The van der Waals surface area contributed by atoms with Crippen LogP contribution >= 0.6 is 35.2 Å². The Hall–Kier alpha value is -1.94. The third kappa shape index (κ3) is 5.53. The lowest BCUT2D eigenvalue weighted by Gasteiger charge is -2.16. The number of carbonyl (C=O) groups excluding carboxylic acids is 2. The molecular formula is C16H19ClN4O3S2. The zero-order valence-corrected chi connectivity index (χ0v) is 16.6. The molecule has 0 saturated carbocycles. The second-order valence-corrected chi connectivity index (χ2v) is 7.27. The first-order valence-corrected chi connectivity index (χ1v) is 9.32. The Balaban J connectivity index is 1.80. The maximum Gasteiger partial charge on any atom is 0.263 e. The maximum atomic E-state index is 12.3. The van der Waals surface area contributed by atoms with E-state index in [-0.39, 0.29) is 17.7 Å². The Kier molecular flexibility index (Phi) is 7.58. The number of thiocarbonyl (C=S) groups is 1. The molecule has 1 heterocycles. The van der Waals surface area contributed by atoms with Crippen molar-refractivity contribution >= 4 is 62.2 Å². The standard InChI is InChI=1S/C16H19ClN4O3S2/c1-9(8-24-2)19-16(25)21-20-12(22)7-18-15(23)14-13(17)10-5-3-4-6-11(10)26-14/h3-6,9H,7-8H2,1-2H3,(H,18,23)(H,20,22)(H2,19,21,25)/t9-/m1/s1. The third-order valence-corrected chi connectivity index (χ3v) is 5.15. The number of hydrazine groups is 1. The monoisotopic (exact) mass is 414 g/mol. The highest BCUT2D eigenvalue weighted by atomic mass is 35.5. The van der Waals surface area contributed by atoms with E-state index < -0.39 is 11.8 Å². The molecule has 0 aliphatic carbocycles. The minimum absolute atomic E-state index is 0.00768. The predicted octanol–water partition coefficient (Wildman–Crippen LogP) is 1.81. The Labute approximate surface area is 165 Å². The van der Waals surface area contributed by atoms with Crippen molar-refractivity contribution in [2.24, 2.45) is 0 Å². The van der Waals surface area contributed by atoms with Crippen LogP contribution in [0.4, 0.5) is 0 Å². The molecule has 0 spiro atoms. The minimum atomic E-state index is -0.445. The van der Waals surface area contributed by atoms with E-state index in [9.17, 15) is 9.59 Å². The van der Waals surface area contributed by atoms with Crippen LogP contribution in [0.15, 0.2) is 24.3 Å². The number of rotatable bonds is 6. The Morgan fingerprint density at radius 1 is 1.31 bits per heavy atom. The van der Waals surface area contributed by atoms with E-state index in [0.717, 1.165) is 10.1 Å². The molecule has 0 unspecified atom stereocenters. The van der Waals surface area contributed by atoms with Crippen molar-refractivity contribution in [1.29, 1.82) is 0 Å². The summed E-state index contributed by atoms with van der Waals surface area (Å²) in [7, 11) is 1.59. The lowest BCUT2D eigenvalue weighted by molar-refractivity contribution is -0.120. The summed E-state index contributed by atoms with van der Waals surface area (Å²) in [6, 6.07) is 7.46. The van der Waals surface area contributed by atoms with Gasteiger partial charge in [0.1, 0.15) is 4.88 Å². The number of methoxy groups -OCH3 is 1. The number of ether oxygens (including phenoxy) is 1. The van der Waals surface area contributed by atoms with E-state index in [1.54, 1.807) is 7.11 Å². The number of benzene rings is 1. The van der Waals surface area contributed by atoms with Crippen LogP contribution in [0.25, 0.3) is 10.1 Å². The van der Waals surface area contributed by atoms with Gasteiger partial charge in [0.2, 0.25) is 0 Å². The summed E-state index contributed by atoms with van der Waals surface area (Å²) >= 11 is 12.6. The number of halogens is 1. The van der Waals surface area contributed by atoms with Crippen LogP contribution in [0, 0.1) is 0 Å². The molecule has 7 nitrogen and oxygen atoms in total. The Morgan fingerprint density at radius 3 is 2.73 bits per heavy atom. The highest BCUT2D eigenvalue weighted by Gasteiger charge is 2.17. The average Bonchev–Trinajstić information content (AvgIpc) is 2.95. The molecule has 0 saturated heterocycles. The van der Waals surface area contributed by atoms with E-state index in [0.29, 0.717) is 16.5 Å². The van der Waals surface area contributed by atoms with Gasteiger partial charge >= 0.3 is 0 Å². The van der Waals surface area contributed by atoms with Gasteiger partial charge in [-0.1, -0.05) is 29.8 Å². The number of carbonyl (C=O) groups is 2. The van der Waals surface area contributed by atoms with Gasteiger partial charge < -0.3 is 15.4 Å². The van der Waals surface area contributed by atoms with Crippen molar-refractivity contribution in [3.05, 3.63) is 34.2 Å². The van der Waals surface area contributed by atoms with Crippen LogP contribution in [-0.4, -0.2) is 43.2 Å². The average molecular weight is 415 g/mol. The van der Waals surface area contributed by atoms with Crippen molar-refractivity contribution in [1.82, 2.24) is 21.5 Å². The number of hydrogen-bond acceptors (Lipinski definition) is 5. The maximum absolute atomic E-state index is 12.3. The van der Waals surface area contributed by atoms with Crippen molar-refractivity contribution in [3.8, 4) is 0 Å². The molecule has 2 aromatic rings. The molecule has 0 aliphatic rings. The molecule has 2 rings (SSSR count). The second kappa shape index (κ2) is 9.67. The first-order valence-electron chi connectivity index (χ1n) is 7.72. The molecule has 4 N–H and O–H groups in total. The van der Waals surface area contributed by atoms with Gasteiger partial charge in [-0.05, 0) is 25.2 Å². The molecule has 140 valence electrons. The zero-order chi connectivity index (χ0) is 19.1. The highest BCUT2D eigenvalue weighted by Crippen LogP contribution is 2.34. The third-order valence-electron chi connectivity index (χ3n) is 3.26. The fourth-order valence-corrected chi connectivity index (χ4v) is 3.81. The molecule has 26 heavy (non-hydrogen) atoms. The van der Waals surface area contributed by atoms with Gasteiger partial charge in [0.25, 0.3) is 11.8 Å². The summed E-state index contributed by atoms with van der Waals surface area (Å²) in [5.74, 6) is -0.847. The fourth-order valence-electron chi connectivity index (χ4n) is 2.12. The van der Waals surface area contributed by atoms with Gasteiger partial charge in [0.15, 0.2) is 5.11 Å². The van der Waals surface area contributed by atoms with Crippen LogP contribution in [0.1, 0.15) is 16.6 Å². The number of fused-ring (bicyclic) bond motifs is 1. The summed E-state index contributed by atoms with van der Waals surface area (Å²) in [4.78, 5) is 24.5. The van der Waals surface area contributed by atoms with Gasteiger partial charge in [-0.2, -0.15) is 0 Å². The molecule has 10 heteroatoms. The van der Waals surface area contributed by atoms with E-state index >= 15 is 0 Å². The predicted molar refractivity (Wildman–Crippen MR) is 108 cm³/mol. The normalized spacial score (nSPS) is 11.7. The second-order valence-electron chi connectivity index (χ2n) is 5.43. The molecule has 0 bridgehead atoms. The van der Waals surface area contributed by atoms with Gasteiger partial charge in [0, 0.05) is 23.2 Å². The first kappa shape index (κ1) is 20.4. The van der Waals surface area contributed by atoms with Crippen molar-refractivity contribution in [3.63, 3.8) is 0 Å². The SMILES string of the molecule is COC[C@@H](C)NC(=S)NNC(=O)CNC(=O)c1sc2ccccc2c1Cl. The summed E-state index contributed by atoms with van der Waals surface area (Å²) in [5.41, 5.74) is 4.96. The fraction of sp³-hybridized carbons (Fsp3) is 0.312. The summed E-state index contributed by atoms with van der Waals surface area (Å²) < 4.78 is 5.89. The van der Waals surface area contributed by atoms with E-state index in [1.807, 2.05) is 31.2 Å². The summed E-state index contributed by atoms with van der Waals surface area (Å²) in [5, 5.41) is 6.92. The molecular weight excluding hydrogens is 396 g/mol. The van der Waals surface area contributed by atoms with Gasteiger partial charge in [-0.3, -0.25) is 20.4 Å². The lowest BCUT2D eigenvalue weighted by Crippen LogP contribution is -2.52. The number of amides is 2. The van der Waals surface area contributed by atoms with Gasteiger partial charge in [-0.25, -0.2) is 0 Å². The topological polar surface area (TPSA) is 91.5 Å². The molecule has 2 amide bonds. The number of hydrogen-bond donors (Lipinski definition) is 4. The summed E-state index contributed by atoms with van der Waals surface area (Å²) in [6.07, 6.45) is 0. The lowest BCUT2D eigenvalue weighted by atomic mass is 10.2. The van der Waals surface area contributed by atoms with Crippen LogP contribution < -0.4 is 21.5 Å². The Morgan fingerprint density at radius 2 is 2.04 bits per heavy atom. The van der Waals surface area contributed by atoms with E-state index in [4.69, 9.17) is 28.6 Å². The quantitative estimate of drug-likeness (QED) is 0.425. The number of thiophene rings is 1. The number of nitrogens with one attached hydrogen (secondary N) is 4. The van der Waals surface area contributed by atoms with E-state index in [2.05, 4.69) is 21.5 Å². The molecule has 0 aliphatic heterocycles. The molecule has 1 aromatic heterocycles. The van der Waals surface area contributed by atoms with Gasteiger partial charge in [-0.15, -0.1) is 11.3 Å². The molecule has 1 atom stereocenters. The molecule has 0 fully saturated rings. The zero-order valence-electron chi connectivity index (χ0n) is 14.2. The first-order chi connectivity index (χ1) is 12.4. The van der Waals surface area contributed by atoms with Crippen molar-refractivity contribution in [2.45, 2.75) is 13.0 Å². The minimum Gasteiger partial charge on any atom is -0.383 e. The van der Waals surface area contributed by atoms with Crippen LogP contribution in [-0.2, 0) is 9.53 Å². The van der Waals surface area contributed by atoms with Crippen molar-refractivity contribution < 1.29 is 14.3 Å². The summed E-state index contributed by atoms with van der Waals surface area (Å²) in [6.45, 7) is 2.14. The van der Waals surface area contributed by atoms with Gasteiger partial charge in [0.05, 0.1) is 18.2 Å². The van der Waals surface area contributed by atoms with Crippen LogP contribution in [0.3, 0.4) is 0 Å². The van der Waals surface area contributed by atoms with Crippen LogP contribution in [0.5, 0.6) is 0 Å². The van der Waals surface area contributed by atoms with Crippen LogP contribution in [0.2, 0.25) is 5.02 Å². The van der Waals surface area contributed by atoms with E-state index in [1.165, 1.54) is 11.3 Å². The highest BCUT2D eigenvalue weighted by molar-refractivity contribution is 7.80.